The van der Waals surface area contributed by atoms with Crippen molar-refractivity contribution in [1.29, 1.82) is 0 Å². The lowest BCUT2D eigenvalue weighted by Crippen LogP contribution is -2.41. The Morgan fingerprint density at radius 2 is 1.30 bits per heavy atom. The van der Waals surface area contributed by atoms with E-state index in [-0.39, 0.29) is 11.7 Å². The van der Waals surface area contributed by atoms with E-state index in [1.165, 1.54) is 0 Å². The number of carbonyl (C=O) groups excluding carboxylic acids is 2. The van der Waals surface area contributed by atoms with Crippen LogP contribution < -0.4 is 0 Å². The maximum Gasteiger partial charge on any atom is 0.222 e. The van der Waals surface area contributed by atoms with Crippen molar-refractivity contribution < 1.29 is 9.59 Å². The quantitative estimate of drug-likeness (QED) is 0.535. The predicted octanol–water partition coefficient (Wildman–Crippen LogP) is 5.50. The van der Waals surface area contributed by atoms with E-state index in [1.807, 2.05) is 67.6 Å². The van der Waals surface area contributed by atoms with Crippen LogP contribution in [-0.2, 0) is 9.59 Å². The molecule has 1 aliphatic rings. The monoisotopic (exact) mass is 487 g/mol. The molecule has 0 radical (unpaired) electrons. The summed E-state index contributed by atoms with van der Waals surface area (Å²) in [4.78, 5) is 27.1. The van der Waals surface area contributed by atoms with E-state index in [1.54, 1.807) is 4.90 Å². The summed E-state index contributed by atoms with van der Waals surface area (Å²) in [6, 6.07) is 15.5. The summed E-state index contributed by atoms with van der Waals surface area (Å²) in [5.74, 6) is 0.0481. The number of halogens is 2. The SMILES string of the molecule is CCC(=O)N1C/C(=C/c2ccc(Br)cc2)C(=O)/C(=C/c2ccc(Br)cc2)C1. The summed E-state index contributed by atoms with van der Waals surface area (Å²) in [5.41, 5.74) is 3.15. The van der Waals surface area contributed by atoms with Crippen LogP contribution in [0.1, 0.15) is 24.5 Å². The van der Waals surface area contributed by atoms with Crippen LogP contribution >= 0.6 is 31.9 Å². The summed E-state index contributed by atoms with van der Waals surface area (Å²) in [5, 5.41) is 0. The van der Waals surface area contributed by atoms with Crippen molar-refractivity contribution in [2.24, 2.45) is 0 Å². The molecule has 0 atom stereocenters. The molecule has 2 aromatic carbocycles. The Kier molecular flexibility index (Phi) is 6.45. The third-order valence-electron chi connectivity index (χ3n) is 4.38. The molecule has 3 rings (SSSR count). The fourth-order valence-corrected chi connectivity index (χ4v) is 3.49. The number of benzene rings is 2. The molecule has 2 aromatic rings. The van der Waals surface area contributed by atoms with Gasteiger partial charge >= 0.3 is 0 Å². The number of carbonyl (C=O) groups is 2. The zero-order valence-corrected chi connectivity index (χ0v) is 18.1. The summed E-state index contributed by atoms with van der Waals surface area (Å²) in [6.45, 7) is 2.54. The summed E-state index contributed by atoms with van der Waals surface area (Å²) < 4.78 is 1.97. The molecular weight excluding hydrogens is 470 g/mol. The average Bonchev–Trinajstić information content (AvgIpc) is 2.67. The van der Waals surface area contributed by atoms with Gasteiger partial charge in [-0.05, 0) is 47.5 Å². The van der Waals surface area contributed by atoms with Gasteiger partial charge in [-0.25, -0.2) is 0 Å². The van der Waals surface area contributed by atoms with Gasteiger partial charge in [0.05, 0.1) is 0 Å². The van der Waals surface area contributed by atoms with Gasteiger partial charge in [-0.1, -0.05) is 63.0 Å². The number of rotatable bonds is 3. The fourth-order valence-electron chi connectivity index (χ4n) is 2.96. The summed E-state index contributed by atoms with van der Waals surface area (Å²) in [7, 11) is 0. The van der Waals surface area contributed by atoms with E-state index in [4.69, 9.17) is 0 Å². The number of nitrogens with zero attached hydrogens (tertiary/aromatic N) is 1. The predicted molar refractivity (Wildman–Crippen MR) is 116 cm³/mol. The molecular formula is C22H19Br2NO2. The maximum absolute atomic E-state index is 13.0. The standard InChI is InChI=1S/C22H19Br2NO2/c1-2-21(26)25-13-17(11-15-3-7-19(23)8-4-15)22(27)18(14-25)12-16-5-9-20(24)10-6-16/h3-12H,2,13-14H2,1H3/b17-11-,18-12+. The van der Waals surface area contributed by atoms with Crippen LogP contribution in [0.4, 0.5) is 0 Å². The smallest absolute Gasteiger partial charge is 0.222 e. The van der Waals surface area contributed by atoms with Gasteiger partial charge < -0.3 is 4.90 Å². The first-order valence-corrected chi connectivity index (χ1v) is 10.3. The van der Waals surface area contributed by atoms with Gasteiger partial charge in [-0.15, -0.1) is 0 Å². The zero-order valence-electron chi connectivity index (χ0n) is 14.9. The van der Waals surface area contributed by atoms with E-state index in [0.29, 0.717) is 30.7 Å². The molecule has 0 spiro atoms. The molecule has 1 heterocycles. The fraction of sp³-hybridized carbons (Fsp3) is 0.182. The molecule has 0 saturated carbocycles. The van der Waals surface area contributed by atoms with Crippen LogP contribution in [0.15, 0.2) is 68.6 Å². The topological polar surface area (TPSA) is 37.4 Å². The minimum Gasteiger partial charge on any atom is -0.334 e. The normalized spacial score (nSPS) is 17.6. The summed E-state index contributed by atoms with van der Waals surface area (Å²) >= 11 is 6.84. The number of hydrogen-bond donors (Lipinski definition) is 0. The average molecular weight is 489 g/mol. The van der Waals surface area contributed by atoms with Gasteiger partial charge in [-0.3, -0.25) is 9.59 Å². The van der Waals surface area contributed by atoms with Crippen LogP contribution in [0, 0.1) is 0 Å². The van der Waals surface area contributed by atoms with Crippen molar-refractivity contribution in [3.8, 4) is 0 Å². The van der Waals surface area contributed by atoms with Crippen LogP contribution in [0.25, 0.3) is 12.2 Å². The Bertz CT molecular complexity index is 845. The molecule has 5 heteroatoms. The number of ketones is 1. The molecule has 3 nitrogen and oxygen atoms in total. The van der Waals surface area contributed by atoms with Gasteiger partial charge in [0.25, 0.3) is 0 Å². The molecule has 1 aliphatic heterocycles. The first-order chi connectivity index (χ1) is 13.0. The first kappa shape index (κ1) is 19.8. The van der Waals surface area contributed by atoms with E-state index >= 15 is 0 Å². The highest BCUT2D eigenvalue weighted by atomic mass is 79.9. The lowest BCUT2D eigenvalue weighted by atomic mass is 9.94. The Morgan fingerprint density at radius 3 is 1.67 bits per heavy atom. The minimum atomic E-state index is 0.000917. The van der Waals surface area contributed by atoms with Gasteiger partial charge in [0.15, 0.2) is 5.78 Å². The number of likely N-dealkylation sites (tertiary alicyclic amines) is 1. The Balaban J connectivity index is 1.97. The van der Waals surface area contributed by atoms with Crippen molar-refractivity contribution in [3.63, 3.8) is 0 Å². The van der Waals surface area contributed by atoms with Crippen molar-refractivity contribution in [1.82, 2.24) is 4.90 Å². The summed E-state index contributed by atoms with van der Waals surface area (Å²) in [6.07, 6.45) is 4.17. The van der Waals surface area contributed by atoms with Gasteiger partial charge in [-0.2, -0.15) is 0 Å². The van der Waals surface area contributed by atoms with Gasteiger partial charge in [0.2, 0.25) is 5.91 Å². The zero-order chi connectivity index (χ0) is 19.4. The number of Topliss-reactive ketones (excluding diaryl/α,β-unsaturated/α-hetero) is 1. The van der Waals surface area contributed by atoms with Crippen molar-refractivity contribution >= 4 is 55.7 Å². The highest BCUT2D eigenvalue weighted by Crippen LogP contribution is 2.24. The lowest BCUT2D eigenvalue weighted by molar-refractivity contribution is -0.131. The highest BCUT2D eigenvalue weighted by molar-refractivity contribution is 9.10. The molecule has 27 heavy (non-hydrogen) atoms. The van der Waals surface area contributed by atoms with E-state index in [9.17, 15) is 9.59 Å². The molecule has 1 fully saturated rings. The molecule has 0 unspecified atom stereocenters. The van der Waals surface area contributed by atoms with Crippen LogP contribution in [0.5, 0.6) is 0 Å². The number of piperidine rings is 1. The van der Waals surface area contributed by atoms with Crippen LogP contribution in [0.2, 0.25) is 0 Å². The molecule has 138 valence electrons. The third-order valence-corrected chi connectivity index (χ3v) is 5.44. The second-order valence-electron chi connectivity index (χ2n) is 6.37. The van der Waals surface area contributed by atoms with E-state index in [0.717, 1.165) is 20.1 Å². The molecule has 0 aliphatic carbocycles. The molecule has 0 aromatic heterocycles. The Labute approximate surface area is 176 Å². The molecule has 0 bridgehead atoms. The van der Waals surface area contributed by atoms with Crippen molar-refractivity contribution in [2.75, 3.05) is 13.1 Å². The number of amides is 1. The molecule has 1 saturated heterocycles. The third kappa shape index (κ3) is 5.05. The van der Waals surface area contributed by atoms with Crippen LogP contribution in [0.3, 0.4) is 0 Å². The Morgan fingerprint density at radius 1 is 0.889 bits per heavy atom. The lowest BCUT2D eigenvalue weighted by Gasteiger charge is -2.29. The van der Waals surface area contributed by atoms with E-state index in [2.05, 4.69) is 31.9 Å². The largest absolute Gasteiger partial charge is 0.334 e. The van der Waals surface area contributed by atoms with E-state index < -0.39 is 0 Å². The Hall–Kier alpha value is -1.98. The van der Waals surface area contributed by atoms with Gasteiger partial charge in [0.1, 0.15) is 0 Å². The van der Waals surface area contributed by atoms with Gasteiger partial charge in [0, 0.05) is 39.6 Å². The van der Waals surface area contributed by atoms with Crippen LogP contribution in [-0.4, -0.2) is 29.7 Å². The second-order valence-corrected chi connectivity index (χ2v) is 8.21. The molecule has 1 amide bonds. The highest BCUT2D eigenvalue weighted by Gasteiger charge is 2.28. The minimum absolute atomic E-state index is 0.000917. The number of hydrogen-bond acceptors (Lipinski definition) is 2. The second kappa shape index (κ2) is 8.81. The van der Waals surface area contributed by atoms with Crippen molar-refractivity contribution in [3.05, 3.63) is 79.7 Å². The molecule has 0 N–H and O–H groups in total. The maximum atomic E-state index is 13.0. The first-order valence-electron chi connectivity index (χ1n) is 8.71. The van der Waals surface area contributed by atoms with Crippen molar-refractivity contribution in [2.45, 2.75) is 13.3 Å².